The fraction of sp³-hybridized carbons (Fsp3) is 0.857. The van der Waals surface area contributed by atoms with Crippen LogP contribution in [0.2, 0.25) is 0 Å². The molecule has 0 fully saturated rings. The van der Waals surface area contributed by atoms with Gasteiger partial charge < -0.3 is 14.6 Å². The van der Waals surface area contributed by atoms with Crippen molar-refractivity contribution in [2.45, 2.75) is 59.1 Å². The number of rotatable bonds is 7. The van der Waals surface area contributed by atoms with Crippen LogP contribution >= 0.6 is 0 Å². The summed E-state index contributed by atoms with van der Waals surface area (Å²) in [6, 6.07) is 0. The quantitative estimate of drug-likeness (QED) is 0.779. The molecule has 0 aliphatic rings. The summed E-state index contributed by atoms with van der Waals surface area (Å²) in [5, 5.41) is 9.47. The Bertz CT molecular complexity index is 337. The van der Waals surface area contributed by atoms with Gasteiger partial charge in [-0.1, -0.05) is 6.92 Å². The molecule has 0 saturated carbocycles. The summed E-state index contributed by atoms with van der Waals surface area (Å²) < 4.78 is 10.5. The lowest BCUT2D eigenvalue weighted by molar-refractivity contribution is -0.154. The number of carboxylic acid groups (broad SMARTS) is 1. The van der Waals surface area contributed by atoms with E-state index in [2.05, 4.69) is 0 Å². The van der Waals surface area contributed by atoms with Gasteiger partial charge in [0.25, 0.3) is 0 Å². The van der Waals surface area contributed by atoms with Gasteiger partial charge in [-0.25, -0.2) is 9.59 Å². The van der Waals surface area contributed by atoms with E-state index in [0.717, 1.165) is 0 Å². The lowest BCUT2D eigenvalue weighted by Crippen LogP contribution is -2.59. The molecule has 0 rings (SSSR count). The first-order valence-corrected chi connectivity index (χ1v) is 6.90. The molecule has 0 aliphatic carbocycles. The molecule has 0 radical (unpaired) electrons. The van der Waals surface area contributed by atoms with Crippen molar-refractivity contribution in [2.75, 3.05) is 19.8 Å². The number of ether oxygens (including phenoxy) is 2. The van der Waals surface area contributed by atoms with Crippen molar-refractivity contribution in [1.82, 2.24) is 4.90 Å². The van der Waals surface area contributed by atoms with Crippen LogP contribution in [0.3, 0.4) is 0 Å². The molecule has 118 valence electrons. The molecule has 20 heavy (non-hydrogen) atoms. The predicted octanol–water partition coefficient (Wildman–Crippen LogP) is 2.51. The third-order valence-electron chi connectivity index (χ3n) is 2.70. The van der Waals surface area contributed by atoms with Crippen molar-refractivity contribution in [1.29, 1.82) is 0 Å². The molecule has 1 unspecified atom stereocenters. The van der Waals surface area contributed by atoms with Gasteiger partial charge in [-0.3, -0.25) is 4.90 Å². The van der Waals surface area contributed by atoms with E-state index in [1.165, 1.54) is 11.8 Å². The first kappa shape index (κ1) is 18.7. The van der Waals surface area contributed by atoms with E-state index in [1.54, 1.807) is 27.7 Å². The van der Waals surface area contributed by atoms with Crippen LogP contribution in [0.5, 0.6) is 0 Å². The van der Waals surface area contributed by atoms with E-state index in [1.807, 2.05) is 6.92 Å². The number of nitrogens with zero attached hydrogens (tertiary/aromatic N) is 1. The highest BCUT2D eigenvalue weighted by atomic mass is 16.6. The number of carboxylic acids is 1. The van der Waals surface area contributed by atoms with Gasteiger partial charge in [-0.05, 0) is 41.0 Å². The number of hydrogen-bond acceptors (Lipinski definition) is 4. The second-order valence-electron chi connectivity index (χ2n) is 5.85. The molecular weight excluding hydrogens is 262 g/mol. The van der Waals surface area contributed by atoms with E-state index in [4.69, 9.17) is 9.47 Å². The first-order valence-electron chi connectivity index (χ1n) is 6.90. The lowest BCUT2D eigenvalue weighted by Gasteiger charge is -2.38. The number of aliphatic carboxylic acids is 1. The Balaban J connectivity index is 5.27. The van der Waals surface area contributed by atoms with E-state index in [-0.39, 0.29) is 6.61 Å². The molecule has 0 aromatic rings. The van der Waals surface area contributed by atoms with Gasteiger partial charge in [0.2, 0.25) is 0 Å². The molecule has 6 nitrogen and oxygen atoms in total. The Morgan fingerprint density at radius 2 is 1.70 bits per heavy atom. The van der Waals surface area contributed by atoms with Crippen LogP contribution in [0.25, 0.3) is 0 Å². The number of amides is 1. The fourth-order valence-corrected chi connectivity index (χ4v) is 1.64. The summed E-state index contributed by atoms with van der Waals surface area (Å²) in [5.74, 6) is -1.11. The molecule has 0 aliphatic heterocycles. The van der Waals surface area contributed by atoms with Crippen LogP contribution < -0.4 is 0 Å². The molecule has 1 atom stereocenters. The van der Waals surface area contributed by atoms with Crippen LogP contribution in [0.4, 0.5) is 4.79 Å². The predicted molar refractivity (Wildman–Crippen MR) is 75.8 cm³/mol. The molecule has 1 N–H and O–H groups in total. The minimum absolute atomic E-state index is 0.0714. The number of carbonyl (C=O) groups excluding carboxylic acids is 1. The zero-order valence-corrected chi connectivity index (χ0v) is 13.4. The van der Waals surface area contributed by atoms with Gasteiger partial charge in [0.15, 0.2) is 5.54 Å². The van der Waals surface area contributed by atoms with Gasteiger partial charge >= 0.3 is 12.1 Å². The van der Waals surface area contributed by atoms with Crippen LogP contribution in [0.15, 0.2) is 0 Å². The van der Waals surface area contributed by atoms with Crippen LogP contribution in [-0.4, -0.2) is 53.0 Å². The SMILES string of the molecule is CCCN(C(=O)OC(C)(C)C)C(C)(COCC)C(=O)O. The van der Waals surface area contributed by atoms with Crippen molar-refractivity contribution in [3.8, 4) is 0 Å². The standard InChI is InChI=1S/C14H27NO5/c1-7-9-15(12(18)20-13(3,4)5)14(6,11(16)17)10-19-8-2/h7-10H2,1-6H3,(H,16,17). The van der Waals surface area contributed by atoms with Gasteiger partial charge in [-0.2, -0.15) is 0 Å². The third-order valence-corrected chi connectivity index (χ3v) is 2.70. The van der Waals surface area contributed by atoms with E-state index in [0.29, 0.717) is 19.6 Å². The highest BCUT2D eigenvalue weighted by Gasteiger charge is 2.44. The Labute approximate surface area is 121 Å². The number of carbonyl (C=O) groups is 2. The molecule has 0 aromatic carbocycles. The second kappa shape index (κ2) is 7.47. The Hall–Kier alpha value is -1.30. The number of hydrogen-bond donors (Lipinski definition) is 1. The van der Waals surface area contributed by atoms with Crippen molar-refractivity contribution >= 4 is 12.1 Å². The topological polar surface area (TPSA) is 76.1 Å². The fourth-order valence-electron chi connectivity index (χ4n) is 1.64. The first-order chi connectivity index (χ1) is 9.08. The average Bonchev–Trinajstić information content (AvgIpc) is 2.30. The maximum absolute atomic E-state index is 12.2. The van der Waals surface area contributed by atoms with Gasteiger partial charge in [0, 0.05) is 13.2 Å². The summed E-state index contributed by atoms with van der Waals surface area (Å²) in [7, 11) is 0. The Morgan fingerprint density at radius 1 is 1.15 bits per heavy atom. The smallest absolute Gasteiger partial charge is 0.411 e. The van der Waals surface area contributed by atoms with Crippen molar-refractivity contribution < 1.29 is 24.2 Å². The summed E-state index contributed by atoms with van der Waals surface area (Å²) in [5.41, 5.74) is -2.11. The third kappa shape index (κ3) is 5.36. The largest absolute Gasteiger partial charge is 0.479 e. The average molecular weight is 289 g/mol. The van der Waals surface area contributed by atoms with Gasteiger partial charge in [-0.15, -0.1) is 0 Å². The van der Waals surface area contributed by atoms with E-state index >= 15 is 0 Å². The molecular formula is C14H27NO5. The van der Waals surface area contributed by atoms with Gasteiger partial charge in [0.1, 0.15) is 5.60 Å². The highest BCUT2D eigenvalue weighted by Crippen LogP contribution is 2.21. The zero-order chi connectivity index (χ0) is 16.0. The lowest BCUT2D eigenvalue weighted by atomic mass is 10.0. The van der Waals surface area contributed by atoms with Crippen LogP contribution in [0.1, 0.15) is 48.0 Å². The highest BCUT2D eigenvalue weighted by molar-refractivity contribution is 5.84. The summed E-state index contributed by atoms with van der Waals surface area (Å²) in [6.07, 6.45) is -0.00206. The maximum Gasteiger partial charge on any atom is 0.411 e. The Kier molecular flexibility index (Phi) is 6.99. The van der Waals surface area contributed by atoms with Crippen molar-refractivity contribution in [3.63, 3.8) is 0 Å². The molecule has 0 heterocycles. The molecule has 0 spiro atoms. The molecule has 0 aromatic heterocycles. The molecule has 6 heteroatoms. The zero-order valence-electron chi connectivity index (χ0n) is 13.4. The van der Waals surface area contributed by atoms with Crippen LogP contribution in [0, 0.1) is 0 Å². The minimum Gasteiger partial charge on any atom is -0.479 e. The van der Waals surface area contributed by atoms with Crippen molar-refractivity contribution in [3.05, 3.63) is 0 Å². The molecule has 1 amide bonds. The Morgan fingerprint density at radius 3 is 2.05 bits per heavy atom. The normalized spacial score (nSPS) is 14.5. The van der Waals surface area contributed by atoms with Crippen LogP contribution in [-0.2, 0) is 14.3 Å². The van der Waals surface area contributed by atoms with E-state index < -0.39 is 23.2 Å². The monoisotopic (exact) mass is 289 g/mol. The molecule has 0 bridgehead atoms. The summed E-state index contributed by atoms with van der Waals surface area (Å²) >= 11 is 0. The van der Waals surface area contributed by atoms with Crippen molar-refractivity contribution in [2.24, 2.45) is 0 Å². The minimum atomic E-state index is -1.44. The summed E-state index contributed by atoms with van der Waals surface area (Å²) in [6.45, 7) is 11.0. The second-order valence-corrected chi connectivity index (χ2v) is 5.85. The summed E-state index contributed by atoms with van der Waals surface area (Å²) in [4.78, 5) is 25.1. The van der Waals surface area contributed by atoms with E-state index in [9.17, 15) is 14.7 Å². The van der Waals surface area contributed by atoms with Gasteiger partial charge in [0.05, 0.1) is 6.61 Å². The molecule has 0 saturated heterocycles. The maximum atomic E-state index is 12.2.